The molecular formula is C13H10FN3O2. The first-order valence-electron chi connectivity index (χ1n) is 5.65. The van der Waals surface area contributed by atoms with Crippen molar-refractivity contribution in [2.24, 2.45) is 5.73 Å². The molecule has 0 aliphatic heterocycles. The minimum Gasteiger partial charge on any atom is -0.455 e. The van der Waals surface area contributed by atoms with Gasteiger partial charge in [0.1, 0.15) is 11.6 Å². The lowest BCUT2D eigenvalue weighted by atomic mass is 10.2. The number of hydrogen-bond donors (Lipinski definition) is 1. The third-order valence-corrected chi connectivity index (χ3v) is 2.58. The molecule has 2 aromatic heterocycles. The number of aromatic nitrogens is 2. The molecule has 2 N–H and O–H groups in total. The van der Waals surface area contributed by atoms with Crippen LogP contribution in [-0.2, 0) is 6.54 Å². The van der Waals surface area contributed by atoms with Crippen LogP contribution in [0, 0.1) is 5.82 Å². The van der Waals surface area contributed by atoms with E-state index >= 15 is 0 Å². The zero-order valence-corrected chi connectivity index (χ0v) is 9.84. The summed E-state index contributed by atoms with van der Waals surface area (Å²) in [4.78, 5) is 4.16. The molecule has 2 heterocycles. The van der Waals surface area contributed by atoms with Gasteiger partial charge in [-0.25, -0.2) is 4.39 Å². The van der Waals surface area contributed by atoms with Crippen LogP contribution in [0.1, 0.15) is 5.76 Å². The van der Waals surface area contributed by atoms with Gasteiger partial charge < -0.3 is 14.7 Å². The van der Waals surface area contributed by atoms with E-state index in [9.17, 15) is 4.39 Å². The second-order valence-corrected chi connectivity index (χ2v) is 3.90. The van der Waals surface area contributed by atoms with Gasteiger partial charge in [-0.2, -0.15) is 4.98 Å². The Balaban J connectivity index is 1.95. The highest BCUT2D eigenvalue weighted by Crippen LogP contribution is 2.24. The zero-order chi connectivity index (χ0) is 13.2. The SMILES string of the molecule is NCc1ccc(-c2nc(-c3cccc(F)c3)no2)o1. The van der Waals surface area contributed by atoms with Crippen LogP contribution in [0.3, 0.4) is 0 Å². The summed E-state index contributed by atoms with van der Waals surface area (Å²) in [7, 11) is 0. The van der Waals surface area contributed by atoms with E-state index < -0.39 is 0 Å². The maximum Gasteiger partial charge on any atom is 0.293 e. The van der Waals surface area contributed by atoms with E-state index in [1.807, 2.05) is 0 Å². The van der Waals surface area contributed by atoms with Gasteiger partial charge in [0.25, 0.3) is 5.89 Å². The van der Waals surface area contributed by atoms with Crippen LogP contribution in [0.4, 0.5) is 4.39 Å². The van der Waals surface area contributed by atoms with Crippen molar-refractivity contribution in [3.63, 3.8) is 0 Å². The largest absolute Gasteiger partial charge is 0.455 e. The first kappa shape index (κ1) is 11.6. The maximum atomic E-state index is 13.1. The fraction of sp³-hybridized carbons (Fsp3) is 0.0769. The van der Waals surface area contributed by atoms with Crippen LogP contribution in [0.15, 0.2) is 45.3 Å². The van der Waals surface area contributed by atoms with Crippen molar-refractivity contribution in [2.45, 2.75) is 6.54 Å². The Bertz CT molecular complexity index is 705. The molecule has 0 bridgehead atoms. The predicted molar refractivity (Wildman–Crippen MR) is 65.3 cm³/mol. The van der Waals surface area contributed by atoms with Gasteiger partial charge in [0.15, 0.2) is 5.76 Å². The summed E-state index contributed by atoms with van der Waals surface area (Å²) in [5.41, 5.74) is 5.99. The number of rotatable bonds is 3. The minimum absolute atomic E-state index is 0.235. The van der Waals surface area contributed by atoms with Gasteiger partial charge in [0.05, 0.1) is 6.54 Å². The second-order valence-electron chi connectivity index (χ2n) is 3.90. The summed E-state index contributed by atoms with van der Waals surface area (Å²) in [5, 5.41) is 3.79. The summed E-state index contributed by atoms with van der Waals surface area (Å²) in [6.07, 6.45) is 0. The van der Waals surface area contributed by atoms with E-state index in [0.29, 0.717) is 29.5 Å². The molecule has 0 amide bonds. The van der Waals surface area contributed by atoms with Crippen LogP contribution < -0.4 is 5.73 Å². The molecule has 3 rings (SSSR count). The molecule has 0 saturated carbocycles. The zero-order valence-electron chi connectivity index (χ0n) is 9.84. The van der Waals surface area contributed by atoms with Crippen molar-refractivity contribution in [3.05, 3.63) is 48.0 Å². The topological polar surface area (TPSA) is 78.1 Å². The van der Waals surface area contributed by atoms with Gasteiger partial charge >= 0.3 is 0 Å². The van der Waals surface area contributed by atoms with Crippen LogP contribution in [0.2, 0.25) is 0 Å². The van der Waals surface area contributed by atoms with Crippen LogP contribution in [0.25, 0.3) is 23.0 Å². The Morgan fingerprint density at radius 3 is 2.84 bits per heavy atom. The summed E-state index contributed by atoms with van der Waals surface area (Å²) in [6, 6.07) is 9.41. The van der Waals surface area contributed by atoms with Gasteiger partial charge in [-0.1, -0.05) is 17.3 Å². The molecule has 19 heavy (non-hydrogen) atoms. The quantitative estimate of drug-likeness (QED) is 0.782. The lowest BCUT2D eigenvalue weighted by Crippen LogP contribution is -1.92. The Hall–Kier alpha value is -2.47. The van der Waals surface area contributed by atoms with Gasteiger partial charge in [-0.15, -0.1) is 0 Å². The normalized spacial score (nSPS) is 10.8. The molecular weight excluding hydrogens is 249 g/mol. The molecule has 0 aliphatic carbocycles. The van der Waals surface area contributed by atoms with Crippen molar-refractivity contribution in [3.8, 4) is 23.0 Å². The molecule has 6 heteroatoms. The van der Waals surface area contributed by atoms with Crippen LogP contribution in [0.5, 0.6) is 0 Å². The maximum absolute atomic E-state index is 13.1. The molecule has 0 atom stereocenters. The summed E-state index contributed by atoms with van der Waals surface area (Å²) in [5.74, 6) is 1.25. The van der Waals surface area contributed by atoms with Crippen molar-refractivity contribution < 1.29 is 13.3 Å². The third kappa shape index (κ3) is 2.25. The molecule has 0 fully saturated rings. The second kappa shape index (κ2) is 4.66. The fourth-order valence-electron chi connectivity index (χ4n) is 1.67. The van der Waals surface area contributed by atoms with Crippen molar-refractivity contribution in [1.29, 1.82) is 0 Å². The van der Waals surface area contributed by atoms with Crippen LogP contribution >= 0.6 is 0 Å². The van der Waals surface area contributed by atoms with E-state index in [4.69, 9.17) is 14.7 Å². The molecule has 1 aromatic carbocycles. The Morgan fingerprint density at radius 2 is 2.11 bits per heavy atom. The number of halogens is 1. The van der Waals surface area contributed by atoms with E-state index in [1.165, 1.54) is 12.1 Å². The minimum atomic E-state index is -0.354. The molecule has 96 valence electrons. The Kier molecular flexibility index (Phi) is 2.85. The number of hydrogen-bond acceptors (Lipinski definition) is 5. The average molecular weight is 259 g/mol. The molecule has 3 aromatic rings. The number of nitrogens with two attached hydrogens (primary N) is 1. The van der Waals surface area contributed by atoms with Crippen molar-refractivity contribution >= 4 is 0 Å². The first-order valence-corrected chi connectivity index (χ1v) is 5.65. The van der Waals surface area contributed by atoms with E-state index in [1.54, 1.807) is 24.3 Å². The van der Waals surface area contributed by atoms with E-state index in [0.717, 1.165) is 0 Å². The summed E-state index contributed by atoms with van der Waals surface area (Å²) < 4.78 is 23.6. The molecule has 0 radical (unpaired) electrons. The van der Waals surface area contributed by atoms with Crippen molar-refractivity contribution in [1.82, 2.24) is 10.1 Å². The van der Waals surface area contributed by atoms with Crippen molar-refractivity contribution in [2.75, 3.05) is 0 Å². The van der Waals surface area contributed by atoms with Crippen LogP contribution in [-0.4, -0.2) is 10.1 Å². The van der Waals surface area contributed by atoms with Gasteiger partial charge in [0, 0.05) is 5.56 Å². The highest BCUT2D eigenvalue weighted by molar-refractivity contribution is 5.57. The predicted octanol–water partition coefficient (Wildman–Crippen LogP) is 2.59. The monoisotopic (exact) mass is 259 g/mol. The number of furan rings is 1. The Morgan fingerprint density at radius 1 is 1.21 bits per heavy atom. The molecule has 0 spiro atoms. The molecule has 0 aliphatic rings. The highest BCUT2D eigenvalue weighted by Gasteiger charge is 2.14. The smallest absolute Gasteiger partial charge is 0.293 e. The van der Waals surface area contributed by atoms with E-state index in [-0.39, 0.29) is 11.7 Å². The number of benzene rings is 1. The third-order valence-electron chi connectivity index (χ3n) is 2.58. The fourth-order valence-corrected chi connectivity index (χ4v) is 1.67. The highest BCUT2D eigenvalue weighted by atomic mass is 19.1. The van der Waals surface area contributed by atoms with Gasteiger partial charge in [0.2, 0.25) is 5.82 Å². The lowest BCUT2D eigenvalue weighted by molar-refractivity contribution is 0.412. The first-order chi connectivity index (χ1) is 9.26. The lowest BCUT2D eigenvalue weighted by Gasteiger charge is -1.92. The number of nitrogens with zero attached hydrogens (tertiary/aromatic N) is 2. The summed E-state index contributed by atoms with van der Waals surface area (Å²) >= 11 is 0. The molecule has 5 nitrogen and oxygen atoms in total. The average Bonchev–Trinajstić information content (AvgIpc) is 3.07. The molecule has 0 unspecified atom stereocenters. The van der Waals surface area contributed by atoms with E-state index in [2.05, 4.69) is 10.1 Å². The Labute approximate surface area is 107 Å². The van der Waals surface area contributed by atoms with Gasteiger partial charge in [-0.05, 0) is 24.3 Å². The molecule has 0 saturated heterocycles. The standard InChI is InChI=1S/C13H10FN3O2/c14-9-3-1-2-8(6-9)12-16-13(19-17-12)11-5-4-10(7-15)18-11/h1-6H,7,15H2. The van der Waals surface area contributed by atoms with Gasteiger partial charge in [-0.3, -0.25) is 0 Å². The summed E-state index contributed by atoms with van der Waals surface area (Å²) in [6.45, 7) is 0.297.